The molecule has 6 nitrogen and oxygen atoms in total. The monoisotopic (exact) mass is 248 g/mol. The van der Waals surface area contributed by atoms with Crippen LogP contribution in [-0.4, -0.2) is 28.7 Å². The van der Waals surface area contributed by atoms with Crippen molar-refractivity contribution in [2.45, 2.75) is 19.4 Å². The molecule has 0 aliphatic rings. The number of furan rings is 1. The summed E-state index contributed by atoms with van der Waals surface area (Å²) in [5.41, 5.74) is 6.62. The number of hydrogen-bond acceptors (Lipinski definition) is 4. The molecule has 2 aromatic rings. The zero-order chi connectivity index (χ0) is 13.0. The Labute approximate surface area is 105 Å². The van der Waals surface area contributed by atoms with E-state index >= 15 is 0 Å². The van der Waals surface area contributed by atoms with Crippen molar-refractivity contribution < 1.29 is 9.21 Å². The molecular weight excluding hydrogens is 232 g/mol. The first-order valence-corrected chi connectivity index (χ1v) is 5.80. The van der Waals surface area contributed by atoms with Crippen molar-refractivity contribution in [1.82, 2.24) is 15.5 Å². The van der Waals surface area contributed by atoms with E-state index in [1.165, 1.54) is 0 Å². The van der Waals surface area contributed by atoms with Crippen LogP contribution in [0.5, 0.6) is 0 Å². The van der Waals surface area contributed by atoms with Gasteiger partial charge < -0.3 is 15.5 Å². The zero-order valence-corrected chi connectivity index (χ0v) is 10.1. The third kappa shape index (κ3) is 2.98. The van der Waals surface area contributed by atoms with E-state index < -0.39 is 0 Å². The van der Waals surface area contributed by atoms with Gasteiger partial charge in [0.2, 0.25) is 0 Å². The lowest BCUT2D eigenvalue weighted by Gasteiger charge is -2.05. The normalized spacial score (nSPS) is 12.3. The van der Waals surface area contributed by atoms with Gasteiger partial charge in [-0.05, 0) is 25.5 Å². The third-order valence-electron chi connectivity index (χ3n) is 2.48. The van der Waals surface area contributed by atoms with Crippen LogP contribution in [0, 0.1) is 0 Å². The lowest BCUT2D eigenvalue weighted by Crippen LogP contribution is -2.29. The summed E-state index contributed by atoms with van der Waals surface area (Å²) in [4.78, 5) is 11.7. The molecule has 0 aliphatic carbocycles. The number of nitrogens with zero attached hydrogens (tertiary/aromatic N) is 1. The molecule has 0 fully saturated rings. The van der Waals surface area contributed by atoms with Crippen molar-refractivity contribution in [2.24, 2.45) is 5.73 Å². The van der Waals surface area contributed by atoms with E-state index in [4.69, 9.17) is 10.2 Å². The van der Waals surface area contributed by atoms with Gasteiger partial charge in [0.05, 0.1) is 6.26 Å². The molecule has 96 valence electrons. The second kappa shape index (κ2) is 5.50. The number of nitrogens with one attached hydrogen (secondary N) is 2. The zero-order valence-electron chi connectivity index (χ0n) is 10.1. The van der Waals surface area contributed by atoms with Crippen molar-refractivity contribution >= 4 is 5.91 Å². The molecule has 2 rings (SSSR count). The Hall–Kier alpha value is -2.08. The van der Waals surface area contributed by atoms with Gasteiger partial charge in [0.1, 0.15) is 5.69 Å². The van der Waals surface area contributed by atoms with Crippen LogP contribution in [0.25, 0.3) is 11.5 Å². The average molecular weight is 248 g/mol. The Bertz CT molecular complexity index is 502. The van der Waals surface area contributed by atoms with Gasteiger partial charge in [0.15, 0.2) is 11.5 Å². The van der Waals surface area contributed by atoms with Crippen molar-refractivity contribution in [3.05, 3.63) is 30.2 Å². The predicted molar refractivity (Wildman–Crippen MR) is 66.9 cm³/mol. The summed E-state index contributed by atoms with van der Waals surface area (Å²) < 4.78 is 5.21. The van der Waals surface area contributed by atoms with Crippen molar-refractivity contribution in [3.63, 3.8) is 0 Å². The molecule has 0 spiro atoms. The number of rotatable bonds is 5. The number of amides is 1. The molecule has 2 aromatic heterocycles. The Morgan fingerprint density at radius 1 is 1.67 bits per heavy atom. The van der Waals surface area contributed by atoms with Gasteiger partial charge in [-0.2, -0.15) is 5.10 Å². The van der Waals surface area contributed by atoms with Crippen LogP contribution < -0.4 is 11.1 Å². The van der Waals surface area contributed by atoms with Crippen LogP contribution in [0.15, 0.2) is 28.9 Å². The maximum absolute atomic E-state index is 11.7. The minimum Gasteiger partial charge on any atom is -0.463 e. The first-order valence-electron chi connectivity index (χ1n) is 5.80. The molecule has 0 bridgehead atoms. The topological polar surface area (TPSA) is 96.9 Å². The van der Waals surface area contributed by atoms with Gasteiger partial charge in [-0.3, -0.25) is 9.89 Å². The van der Waals surface area contributed by atoms with Crippen LogP contribution in [-0.2, 0) is 0 Å². The number of aromatic amines is 1. The van der Waals surface area contributed by atoms with E-state index in [0.29, 0.717) is 23.7 Å². The molecule has 0 saturated carbocycles. The Morgan fingerprint density at radius 3 is 3.17 bits per heavy atom. The number of carbonyl (C=O) groups is 1. The number of nitrogens with two attached hydrogens (primary N) is 1. The SMILES string of the molecule is CC(N)CCNC(=O)c1cc(-c2ccco2)[nH]n1. The van der Waals surface area contributed by atoms with Gasteiger partial charge in [0.25, 0.3) is 5.91 Å². The molecule has 0 aliphatic heterocycles. The second-order valence-corrected chi connectivity index (χ2v) is 4.17. The maximum Gasteiger partial charge on any atom is 0.271 e. The number of aromatic nitrogens is 2. The minimum atomic E-state index is -0.218. The fraction of sp³-hybridized carbons (Fsp3) is 0.333. The third-order valence-corrected chi connectivity index (χ3v) is 2.48. The first kappa shape index (κ1) is 12.4. The largest absolute Gasteiger partial charge is 0.463 e. The highest BCUT2D eigenvalue weighted by molar-refractivity contribution is 5.93. The highest BCUT2D eigenvalue weighted by Gasteiger charge is 2.12. The molecule has 2 heterocycles. The average Bonchev–Trinajstić information content (AvgIpc) is 2.99. The molecule has 1 atom stereocenters. The summed E-state index contributed by atoms with van der Waals surface area (Å²) >= 11 is 0. The molecule has 1 unspecified atom stereocenters. The predicted octanol–water partition coefficient (Wildman–Crippen LogP) is 1.14. The van der Waals surface area contributed by atoms with Crippen LogP contribution in [0.4, 0.5) is 0 Å². The Morgan fingerprint density at radius 2 is 2.50 bits per heavy atom. The summed E-state index contributed by atoms with van der Waals surface area (Å²) in [6.45, 7) is 2.44. The second-order valence-electron chi connectivity index (χ2n) is 4.17. The van der Waals surface area contributed by atoms with E-state index in [0.717, 1.165) is 6.42 Å². The molecule has 0 saturated heterocycles. The molecule has 6 heteroatoms. The lowest BCUT2D eigenvalue weighted by atomic mass is 10.2. The van der Waals surface area contributed by atoms with E-state index in [1.54, 1.807) is 24.5 Å². The van der Waals surface area contributed by atoms with E-state index in [9.17, 15) is 4.79 Å². The van der Waals surface area contributed by atoms with Gasteiger partial charge >= 0.3 is 0 Å². The molecular formula is C12H16N4O2. The Balaban J connectivity index is 1.95. The lowest BCUT2D eigenvalue weighted by molar-refractivity contribution is 0.0948. The Kier molecular flexibility index (Phi) is 3.78. The van der Waals surface area contributed by atoms with E-state index in [2.05, 4.69) is 15.5 Å². The molecule has 4 N–H and O–H groups in total. The molecule has 1 amide bonds. The summed E-state index contributed by atoms with van der Waals surface area (Å²) in [6.07, 6.45) is 2.31. The highest BCUT2D eigenvalue weighted by Crippen LogP contribution is 2.17. The van der Waals surface area contributed by atoms with Crippen LogP contribution in [0.3, 0.4) is 0 Å². The maximum atomic E-state index is 11.7. The fourth-order valence-electron chi connectivity index (χ4n) is 1.50. The van der Waals surface area contributed by atoms with Crippen LogP contribution >= 0.6 is 0 Å². The van der Waals surface area contributed by atoms with Crippen molar-refractivity contribution in [3.8, 4) is 11.5 Å². The summed E-state index contributed by atoms with van der Waals surface area (Å²) in [7, 11) is 0. The van der Waals surface area contributed by atoms with Crippen molar-refractivity contribution in [2.75, 3.05) is 6.54 Å². The van der Waals surface area contributed by atoms with Gasteiger partial charge in [0, 0.05) is 18.7 Å². The fourth-order valence-corrected chi connectivity index (χ4v) is 1.50. The highest BCUT2D eigenvalue weighted by atomic mass is 16.3. The van der Waals surface area contributed by atoms with E-state index in [-0.39, 0.29) is 11.9 Å². The number of H-pyrrole nitrogens is 1. The van der Waals surface area contributed by atoms with Gasteiger partial charge in [-0.25, -0.2) is 0 Å². The summed E-state index contributed by atoms with van der Waals surface area (Å²) in [5.74, 6) is 0.432. The van der Waals surface area contributed by atoms with Crippen LogP contribution in [0.2, 0.25) is 0 Å². The van der Waals surface area contributed by atoms with E-state index in [1.807, 2.05) is 6.92 Å². The molecule has 0 aromatic carbocycles. The minimum absolute atomic E-state index is 0.0724. The van der Waals surface area contributed by atoms with Gasteiger partial charge in [-0.15, -0.1) is 0 Å². The smallest absolute Gasteiger partial charge is 0.271 e. The summed E-state index contributed by atoms with van der Waals surface area (Å²) in [5, 5.41) is 9.46. The quantitative estimate of drug-likeness (QED) is 0.739. The van der Waals surface area contributed by atoms with Gasteiger partial charge in [-0.1, -0.05) is 0 Å². The summed E-state index contributed by atoms with van der Waals surface area (Å²) in [6, 6.07) is 5.30. The number of carbonyl (C=O) groups excluding carboxylic acids is 1. The number of hydrogen-bond donors (Lipinski definition) is 3. The molecule has 18 heavy (non-hydrogen) atoms. The van der Waals surface area contributed by atoms with Crippen molar-refractivity contribution in [1.29, 1.82) is 0 Å². The first-order chi connectivity index (χ1) is 8.66. The molecule has 0 radical (unpaired) electrons. The van der Waals surface area contributed by atoms with Crippen LogP contribution in [0.1, 0.15) is 23.8 Å². The standard InChI is InChI=1S/C12H16N4O2/c1-8(13)4-5-14-12(17)10-7-9(15-16-10)11-3-2-6-18-11/h2-3,6-8H,4-5,13H2,1H3,(H,14,17)(H,15,16).